The third-order valence-corrected chi connectivity index (χ3v) is 11.9. The lowest BCUT2D eigenvalue weighted by atomic mass is 9.66. The van der Waals surface area contributed by atoms with Crippen molar-refractivity contribution >= 4 is 26.8 Å². The summed E-state index contributed by atoms with van der Waals surface area (Å²) in [7, 11) is -3.88. The van der Waals surface area contributed by atoms with Crippen molar-refractivity contribution < 1.29 is 27.8 Å². The van der Waals surface area contributed by atoms with E-state index in [4.69, 9.17) is 14.6 Å². The number of carbonyl (C=O) groups excluding carboxylic acids is 1. The van der Waals surface area contributed by atoms with E-state index in [1.54, 1.807) is 36.7 Å². The second-order valence-corrected chi connectivity index (χ2v) is 15.7. The number of aliphatic hydroxyl groups excluding tert-OH is 1. The summed E-state index contributed by atoms with van der Waals surface area (Å²) in [5.41, 5.74) is 5.88. The van der Waals surface area contributed by atoms with Gasteiger partial charge in [-0.15, -0.1) is 5.10 Å². The molecule has 0 saturated carbocycles. The molecule has 2 atom stereocenters. The van der Waals surface area contributed by atoms with Crippen LogP contribution in [-0.4, -0.2) is 74.4 Å². The van der Waals surface area contributed by atoms with E-state index in [2.05, 4.69) is 26.3 Å². The summed E-state index contributed by atoms with van der Waals surface area (Å²) in [5, 5.41) is 17.9. The lowest BCUT2D eigenvalue weighted by Crippen LogP contribution is -2.37. The quantitative estimate of drug-likeness (QED) is 0.163. The zero-order valence-corrected chi connectivity index (χ0v) is 31.4. The molecule has 2 aromatic heterocycles. The first kappa shape index (κ1) is 37.1. The Balaban J connectivity index is 1.42. The number of para-hydroxylation sites is 1. The number of fused-ring (bicyclic) bond motifs is 2. The van der Waals surface area contributed by atoms with E-state index in [9.17, 15) is 13.2 Å². The summed E-state index contributed by atoms with van der Waals surface area (Å²) in [5.74, 6) is -0.0957. The lowest BCUT2D eigenvalue weighted by Gasteiger charge is -2.35. The van der Waals surface area contributed by atoms with Crippen LogP contribution in [0.2, 0.25) is 0 Å². The smallest absolute Gasteiger partial charge is 0.316 e. The van der Waals surface area contributed by atoms with Crippen LogP contribution in [0.25, 0.3) is 11.0 Å². The summed E-state index contributed by atoms with van der Waals surface area (Å²) in [4.78, 5) is 23.0. The van der Waals surface area contributed by atoms with Gasteiger partial charge in [0.15, 0.2) is 0 Å². The number of aryl methyl sites for hydroxylation is 3. The molecule has 0 saturated heterocycles. The molecule has 3 aromatic carbocycles. The van der Waals surface area contributed by atoms with E-state index in [0.29, 0.717) is 24.3 Å². The summed E-state index contributed by atoms with van der Waals surface area (Å²) in [6.07, 6.45) is 3.56. The molecule has 274 valence electrons. The topological polar surface area (TPSA) is 150 Å². The zero-order valence-electron chi connectivity index (χ0n) is 30.5. The highest BCUT2D eigenvalue weighted by Gasteiger charge is 2.40. The number of hydrogen-bond donors (Lipinski definition) is 1. The molecule has 0 spiro atoms. The van der Waals surface area contributed by atoms with Crippen LogP contribution in [0.5, 0.6) is 11.8 Å². The summed E-state index contributed by atoms with van der Waals surface area (Å²) < 4.78 is 43.0. The van der Waals surface area contributed by atoms with Gasteiger partial charge in [0.25, 0.3) is 0 Å². The van der Waals surface area contributed by atoms with Crippen molar-refractivity contribution in [2.45, 2.75) is 84.4 Å². The number of aromatic nitrogens is 5. The van der Waals surface area contributed by atoms with E-state index in [-0.39, 0.29) is 55.5 Å². The molecule has 0 amide bonds. The van der Waals surface area contributed by atoms with Crippen molar-refractivity contribution in [3.63, 3.8) is 0 Å². The highest BCUT2D eigenvalue weighted by Crippen LogP contribution is 2.45. The SMILES string of the molecule is CC[C@@H]1CN(Cc2cc([C@@H](c3ccc4c(nnn4CC)c3C)C(C)(C)C(=O)Cc3cnc(OCCO)nc3)ccc2C)S(=O)(=O)c2ccccc2O1. The zero-order chi connectivity index (χ0) is 37.2. The minimum absolute atomic E-state index is 0.0291. The third kappa shape index (κ3) is 7.17. The Hall–Kier alpha value is -4.72. The number of ketones is 1. The molecule has 6 rings (SSSR count). The van der Waals surface area contributed by atoms with E-state index in [1.807, 2.05) is 70.5 Å². The van der Waals surface area contributed by atoms with Crippen LogP contribution in [-0.2, 0) is 34.3 Å². The fourth-order valence-corrected chi connectivity index (χ4v) is 8.54. The highest BCUT2D eigenvalue weighted by molar-refractivity contribution is 7.89. The van der Waals surface area contributed by atoms with Gasteiger partial charge >= 0.3 is 6.01 Å². The molecular formula is C39H46N6O6S. The molecule has 1 aliphatic heterocycles. The normalized spacial score (nSPS) is 16.6. The minimum atomic E-state index is -3.88. The Morgan fingerprint density at radius 2 is 1.83 bits per heavy atom. The van der Waals surface area contributed by atoms with Crippen molar-refractivity contribution in [1.29, 1.82) is 0 Å². The van der Waals surface area contributed by atoms with Gasteiger partial charge in [-0.2, -0.15) is 4.31 Å². The molecule has 13 heteroatoms. The van der Waals surface area contributed by atoms with Crippen molar-refractivity contribution in [1.82, 2.24) is 29.3 Å². The number of sulfonamides is 1. The van der Waals surface area contributed by atoms with E-state index in [1.165, 1.54) is 4.31 Å². The molecule has 3 heterocycles. The van der Waals surface area contributed by atoms with Gasteiger partial charge in [0, 0.05) is 43.2 Å². The Morgan fingerprint density at radius 3 is 2.54 bits per heavy atom. The molecule has 0 fully saturated rings. The van der Waals surface area contributed by atoms with E-state index >= 15 is 0 Å². The van der Waals surface area contributed by atoms with Gasteiger partial charge in [-0.3, -0.25) is 4.79 Å². The van der Waals surface area contributed by atoms with Crippen LogP contribution in [0.15, 0.2) is 71.9 Å². The maximum atomic E-state index is 14.4. The van der Waals surface area contributed by atoms with Gasteiger partial charge in [-0.25, -0.2) is 23.1 Å². The number of carbonyl (C=O) groups is 1. The molecule has 1 aliphatic rings. The maximum Gasteiger partial charge on any atom is 0.316 e. The molecule has 5 aromatic rings. The minimum Gasteiger partial charge on any atom is -0.488 e. The Morgan fingerprint density at radius 1 is 1.08 bits per heavy atom. The van der Waals surface area contributed by atoms with Crippen molar-refractivity contribution in [2.24, 2.45) is 5.41 Å². The van der Waals surface area contributed by atoms with E-state index < -0.39 is 21.4 Å². The van der Waals surface area contributed by atoms with Crippen molar-refractivity contribution in [3.8, 4) is 11.8 Å². The Labute approximate surface area is 304 Å². The summed E-state index contributed by atoms with van der Waals surface area (Å²) >= 11 is 0. The second-order valence-electron chi connectivity index (χ2n) is 13.8. The monoisotopic (exact) mass is 726 g/mol. The third-order valence-electron chi connectivity index (χ3n) is 10.1. The van der Waals surface area contributed by atoms with Gasteiger partial charge in [-0.05, 0) is 78.8 Å². The number of hydrogen-bond acceptors (Lipinski definition) is 10. The molecule has 52 heavy (non-hydrogen) atoms. The molecule has 0 radical (unpaired) electrons. The average Bonchev–Trinajstić information content (AvgIpc) is 3.52. The number of ether oxygens (including phenoxy) is 2. The van der Waals surface area contributed by atoms with Gasteiger partial charge < -0.3 is 14.6 Å². The second kappa shape index (κ2) is 15.1. The van der Waals surface area contributed by atoms with Crippen LogP contribution >= 0.6 is 0 Å². The van der Waals surface area contributed by atoms with Crippen LogP contribution < -0.4 is 9.47 Å². The molecular weight excluding hydrogens is 681 g/mol. The van der Waals surface area contributed by atoms with Gasteiger partial charge in [-0.1, -0.05) is 62.4 Å². The number of benzene rings is 3. The van der Waals surface area contributed by atoms with Crippen LogP contribution in [0.4, 0.5) is 0 Å². The number of Topliss-reactive ketones (excluding diaryl/α,β-unsaturated/α-hetero) is 1. The molecule has 1 N–H and O–H groups in total. The van der Waals surface area contributed by atoms with E-state index in [0.717, 1.165) is 38.9 Å². The number of rotatable bonds is 13. The number of nitrogens with zero attached hydrogens (tertiary/aromatic N) is 6. The molecule has 0 bridgehead atoms. The first-order valence-electron chi connectivity index (χ1n) is 17.6. The average molecular weight is 727 g/mol. The molecule has 12 nitrogen and oxygen atoms in total. The highest BCUT2D eigenvalue weighted by atomic mass is 32.2. The van der Waals surface area contributed by atoms with Crippen molar-refractivity contribution in [2.75, 3.05) is 19.8 Å². The number of aliphatic hydroxyl groups is 1. The largest absolute Gasteiger partial charge is 0.488 e. The predicted molar refractivity (Wildman–Crippen MR) is 197 cm³/mol. The van der Waals surface area contributed by atoms with Crippen LogP contribution in [0, 0.1) is 19.3 Å². The van der Waals surface area contributed by atoms with Crippen LogP contribution in [0.1, 0.15) is 73.4 Å². The lowest BCUT2D eigenvalue weighted by molar-refractivity contribution is -0.127. The predicted octanol–water partition coefficient (Wildman–Crippen LogP) is 5.56. The van der Waals surface area contributed by atoms with Crippen LogP contribution in [0.3, 0.4) is 0 Å². The van der Waals surface area contributed by atoms with Crippen molar-refractivity contribution in [3.05, 3.63) is 100 Å². The summed E-state index contributed by atoms with van der Waals surface area (Å²) in [6, 6.07) is 17.1. The first-order valence-corrected chi connectivity index (χ1v) is 19.1. The summed E-state index contributed by atoms with van der Waals surface area (Å²) in [6.45, 7) is 12.8. The molecule has 0 unspecified atom stereocenters. The van der Waals surface area contributed by atoms with Gasteiger partial charge in [0.1, 0.15) is 34.7 Å². The Bertz CT molecular complexity index is 2180. The van der Waals surface area contributed by atoms with Gasteiger partial charge in [0.2, 0.25) is 10.0 Å². The molecule has 0 aliphatic carbocycles. The first-order chi connectivity index (χ1) is 24.9. The standard InChI is InChI=1S/C39H46N6O6S/c1-7-30-24-44(52(48,49)34-12-10-9-11-33(34)51-30)23-29-20-28(14-13-25(29)3)36(31-15-16-32-37(26(31)4)42-43-45(32)8-2)39(5,6)35(47)19-27-21-40-38(41-22-27)50-18-17-46/h9-16,20-22,30,36,46H,7-8,17-19,23-24H2,1-6H3/t30-,36+/m1/s1. The van der Waals surface area contributed by atoms with Gasteiger partial charge in [0.05, 0.1) is 18.7 Å². The maximum absolute atomic E-state index is 14.4. The Kier molecular flexibility index (Phi) is 10.8. The fourth-order valence-electron chi connectivity index (χ4n) is 6.97. The fraction of sp³-hybridized carbons (Fsp3) is 0.410.